The van der Waals surface area contributed by atoms with E-state index < -0.39 is 0 Å². The molecule has 0 atom stereocenters. The molecular formula is C52H32N2O4. The van der Waals surface area contributed by atoms with Crippen LogP contribution in [0.15, 0.2) is 170 Å². The van der Waals surface area contributed by atoms with Crippen LogP contribution >= 0.6 is 0 Å². The fourth-order valence-corrected chi connectivity index (χ4v) is 8.71. The van der Waals surface area contributed by atoms with E-state index in [0.717, 1.165) is 122 Å². The van der Waals surface area contributed by atoms with Gasteiger partial charge in [-0.25, -0.2) is 9.97 Å². The normalized spacial score (nSPS) is 12.0. The topological polar surface area (TPSA) is 78.3 Å². The average Bonchev–Trinajstić information content (AvgIpc) is 4.05. The molecule has 0 bridgehead atoms. The van der Waals surface area contributed by atoms with Crippen LogP contribution in [0.5, 0.6) is 0 Å². The van der Waals surface area contributed by atoms with E-state index in [9.17, 15) is 0 Å². The minimum atomic E-state index is 0.570. The molecule has 0 aliphatic rings. The van der Waals surface area contributed by atoms with E-state index in [1.807, 2.05) is 42.5 Å². The largest absolute Gasteiger partial charge is 0.456 e. The van der Waals surface area contributed by atoms with Gasteiger partial charge in [-0.1, -0.05) is 104 Å². The summed E-state index contributed by atoms with van der Waals surface area (Å²) in [6, 6.07) is 49.9. The lowest BCUT2D eigenvalue weighted by Crippen LogP contribution is -1.94. The van der Waals surface area contributed by atoms with Gasteiger partial charge >= 0.3 is 0 Å². The Morgan fingerprint density at radius 3 is 1.95 bits per heavy atom. The minimum absolute atomic E-state index is 0.570. The number of benzene rings is 7. The number of fused-ring (bicyclic) bond motifs is 10. The zero-order chi connectivity index (χ0) is 38.5. The lowest BCUT2D eigenvalue weighted by atomic mass is 9.99. The number of hydrogen-bond acceptors (Lipinski definition) is 6. The number of aromatic nitrogens is 2. The molecule has 0 aliphatic carbocycles. The third-order valence-corrected chi connectivity index (χ3v) is 11.5. The maximum absolute atomic E-state index is 6.66. The Morgan fingerprint density at radius 1 is 0.483 bits per heavy atom. The molecule has 0 N–H and O–H groups in total. The van der Waals surface area contributed by atoms with E-state index in [0.29, 0.717) is 17.1 Å². The standard InChI is InChI=1S/C52H32N2O4/c1-3-34-36-21-17-33(28-47(36)55-41(34)4-2)49-51-50(40-27-30(18-24-45(40)58-51)29-11-6-5-7-12-29)54-52(53-49)37-14-10-16-46-48(37)39-26-32(20-23-44(39)57-46)31-19-22-43-38(25-31)35-13-8-9-15-42(35)56-43/h4-28H,2-3H2,1H3. The van der Waals surface area contributed by atoms with E-state index in [2.05, 4.69) is 117 Å². The van der Waals surface area contributed by atoms with E-state index in [-0.39, 0.29) is 0 Å². The fourth-order valence-electron chi connectivity index (χ4n) is 8.71. The second-order valence-corrected chi connectivity index (χ2v) is 14.8. The van der Waals surface area contributed by atoms with Gasteiger partial charge in [0.25, 0.3) is 0 Å². The van der Waals surface area contributed by atoms with Crippen molar-refractivity contribution >= 4 is 83.0 Å². The third kappa shape index (κ3) is 4.85. The van der Waals surface area contributed by atoms with Crippen molar-refractivity contribution < 1.29 is 17.7 Å². The quantitative estimate of drug-likeness (QED) is 0.168. The molecular weight excluding hydrogens is 717 g/mol. The average molecular weight is 749 g/mol. The van der Waals surface area contributed by atoms with Gasteiger partial charge in [0.2, 0.25) is 0 Å². The zero-order valence-electron chi connectivity index (χ0n) is 31.4. The van der Waals surface area contributed by atoms with Crippen LogP contribution in [0.4, 0.5) is 0 Å². The summed E-state index contributed by atoms with van der Waals surface area (Å²) in [6.07, 6.45) is 2.62. The Hall–Kier alpha value is -7.70. The maximum Gasteiger partial charge on any atom is 0.180 e. The van der Waals surface area contributed by atoms with Crippen LogP contribution in [0.3, 0.4) is 0 Å². The minimum Gasteiger partial charge on any atom is -0.456 e. The lowest BCUT2D eigenvalue weighted by molar-refractivity contribution is 0.599. The molecule has 12 rings (SSSR count). The van der Waals surface area contributed by atoms with Gasteiger partial charge in [-0.15, -0.1) is 0 Å². The van der Waals surface area contributed by atoms with Crippen molar-refractivity contribution in [3.8, 4) is 44.9 Å². The molecule has 0 fully saturated rings. The molecule has 0 aliphatic heterocycles. The molecule has 6 heteroatoms. The second kappa shape index (κ2) is 12.4. The molecule has 6 nitrogen and oxygen atoms in total. The molecule has 7 aromatic carbocycles. The third-order valence-electron chi connectivity index (χ3n) is 11.5. The van der Waals surface area contributed by atoms with Crippen LogP contribution in [0, 0.1) is 0 Å². The number of nitrogens with zero attached hydrogens (tertiary/aromatic N) is 2. The van der Waals surface area contributed by atoms with Crippen molar-refractivity contribution in [2.75, 3.05) is 0 Å². The Balaban J connectivity index is 1.10. The van der Waals surface area contributed by atoms with Gasteiger partial charge < -0.3 is 17.7 Å². The van der Waals surface area contributed by atoms with Gasteiger partial charge in [0, 0.05) is 49.0 Å². The number of hydrogen-bond donors (Lipinski definition) is 0. The van der Waals surface area contributed by atoms with Crippen LogP contribution in [0.2, 0.25) is 0 Å². The zero-order valence-corrected chi connectivity index (χ0v) is 31.4. The predicted molar refractivity (Wildman–Crippen MR) is 235 cm³/mol. The highest BCUT2D eigenvalue weighted by Crippen LogP contribution is 2.43. The highest BCUT2D eigenvalue weighted by atomic mass is 16.3. The summed E-state index contributed by atoms with van der Waals surface area (Å²) < 4.78 is 25.6. The number of furan rings is 4. The Labute approximate surface area is 331 Å². The Kier molecular flexibility index (Phi) is 6.96. The first-order chi connectivity index (χ1) is 28.6. The number of aryl methyl sites for hydroxylation is 1. The van der Waals surface area contributed by atoms with Crippen molar-refractivity contribution in [1.29, 1.82) is 0 Å². The van der Waals surface area contributed by atoms with Crippen LogP contribution in [-0.4, -0.2) is 9.97 Å². The maximum atomic E-state index is 6.66. The van der Waals surface area contributed by atoms with Crippen LogP contribution in [0.25, 0.3) is 128 Å². The lowest BCUT2D eigenvalue weighted by Gasteiger charge is -2.08. The highest BCUT2D eigenvalue weighted by Gasteiger charge is 2.23. The molecule has 0 amide bonds. The molecule has 0 saturated heterocycles. The summed E-state index contributed by atoms with van der Waals surface area (Å²) in [7, 11) is 0. The predicted octanol–water partition coefficient (Wildman–Crippen LogP) is 14.8. The molecule has 5 heterocycles. The molecule has 0 unspecified atom stereocenters. The summed E-state index contributed by atoms with van der Waals surface area (Å²) in [4.78, 5) is 10.7. The van der Waals surface area contributed by atoms with E-state index in [4.69, 9.17) is 27.6 Å². The van der Waals surface area contributed by atoms with Crippen molar-refractivity contribution in [2.45, 2.75) is 13.3 Å². The molecule has 274 valence electrons. The summed E-state index contributed by atoms with van der Waals surface area (Å²) in [6.45, 7) is 6.13. The van der Waals surface area contributed by atoms with Crippen molar-refractivity contribution in [2.24, 2.45) is 0 Å². The molecule has 0 spiro atoms. The van der Waals surface area contributed by atoms with Gasteiger partial charge in [0.15, 0.2) is 11.4 Å². The van der Waals surface area contributed by atoms with Gasteiger partial charge in [0.05, 0.1) is 0 Å². The van der Waals surface area contributed by atoms with Crippen LogP contribution < -0.4 is 0 Å². The number of para-hydroxylation sites is 1. The van der Waals surface area contributed by atoms with Crippen molar-refractivity contribution in [3.05, 3.63) is 163 Å². The van der Waals surface area contributed by atoms with Crippen LogP contribution in [0.1, 0.15) is 18.2 Å². The summed E-state index contributed by atoms with van der Waals surface area (Å²) in [5.41, 5.74) is 14.1. The van der Waals surface area contributed by atoms with E-state index in [1.54, 1.807) is 6.08 Å². The smallest absolute Gasteiger partial charge is 0.180 e. The second-order valence-electron chi connectivity index (χ2n) is 14.8. The van der Waals surface area contributed by atoms with Gasteiger partial charge in [-0.05, 0) is 89.3 Å². The fraction of sp³-hybridized carbons (Fsp3) is 0.0385. The first-order valence-corrected chi connectivity index (χ1v) is 19.5. The van der Waals surface area contributed by atoms with Gasteiger partial charge in [0.1, 0.15) is 50.5 Å². The summed E-state index contributed by atoms with van der Waals surface area (Å²) >= 11 is 0. The van der Waals surface area contributed by atoms with Crippen molar-refractivity contribution in [1.82, 2.24) is 9.97 Å². The SMILES string of the molecule is C=Cc1oc2cc(-c3nc(-c4cccc5oc6ccc(-c7ccc8oc9ccccc9c8c7)cc6c45)nc4c3oc3ccc(-c5ccccc5)cc34)ccc2c1CC. The van der Waals surface area contributed by atoms with Crippen LogP contribution in [-0.2, 0) is 6.42 Å². The monoisotopic (exact) mass is 748 g/mol. The summed E-state index contributed by atoms with van der Waals surface area (Å²) in [5.74, 6) is 1.36. The molecule has 12 aromatic rings. The first-order valence-electron chi connectivity index (χ1n) is 19.5. The van der Waals surface area contributed by atoms with E-state index >= 15 is 0 Å². The molecule has 0 radical (unpaired) electrons. The number of rotatable bonds is 6. The molecule has 0 saturated carbocycles. The summed E-state index contributed by atoms with van der Waals surface area (Å²) in [5, 5.41) is 6.09. The molecule has 58 heavy (non-hydrogen) atoms. The van der Waals surface area contributed by atoms with Gasteiger partial charge in [-0.3, -0.25) is 0 Å². The Bertz CT molecular complexity index is 3640. The highest BCUT2D eigenvalue weighted by molar-refractivity contribution is 6.15. The Morgan fingerprint density at radius 2 is 1.14 bits per heavy atom. The van der Waals surface area contributed by atoms with Crippen molar-refractivity contribution in [3.63, 3.8) is 0 Å². The first kappa shape index (κ1) is 32.5. The van der Waals surface area contributed by atoms with Gasteiger partial charge in [-0.2, -0.15) is 0 Å². The molecule has 5 aromatic heterocycles. The van der Waals surface area contributed by atoms with E-state index in [1.165, 1.54) is 0 Å².